The van der Waals surface area contributed by atoms with Crippen molar-refractivity contribution in [2.75, 3.05) is 18.5 Å². The standard InChI is InChI=1S/C13H19ClN4/c1-9(7-15)8-18(5)11-6-10(14)16-12(17-11)13(2,3)4/h6,9H,8H2,1-5H3. The Labute approximate surface area is 114 Å². The summed E-state index contributed by atoms with van der Waals surface area (Å²) in [5.41, 5.74) is -0.151. The highest BCUT2D eigenvalue weighted by Gasteiger charge is 2.20. The summed E-state index contributed by atoms with van der Waals surface area (Å²) >= 11 is 6.03. The van der Waals surface area contributed by atoms with Gasteiger partial charge in [-0.3, -0.25) is 0 Å². The van der Waals surface area contributed by atoms with Crippen molar-refractivity contribution in [3.63, 3.8) is 0 Å². The second-order valence-corrected chi connectivity index (χ2v) is 5.92. The molecule has 0 bridgehead atoms. The number of aromatic nitrogens is 2. The molecule has 0 fully saturated rings. The summed E-state index contributed by atoms with van der Waals surface area (Å²) in [5.74, 6) is 1.41. The fraction of sp³-hybridized carbons (Fsp3) is 0.615. The summed E-state index contributed by atoms with van der Waals surface area (Å²) in [4.78, 5) is 10.7. The fourth-order valence-corrected chi connectivity index (χ4v) is 1.66. The predicted octanol–water partition coefficient (Wildman–Crippen LogP) is 3.02. The summed E-state index contributed by atoms with van der Waals surface area (Å²) in [6.45, 7) is 8.62. The normalized spacial score (nSPS) is 12.9. The molecule has 1 heterocycles. The van der Waals surface area contributed by atoms with Crippen molar-refractivity contribution in [2.45, 2.75) is 33.1 Å². The van der Waals surface area contributed by atoms with E-state index in [0.29, 0.717) is 17.5 Å². The molecule has 0 aliphatic heterocycles. The third-order valence-electron chi connectivity index (χ3n) is 2.51. The maximum Gasteiger partial charge on any atom is 0.137 e. The van der Waals surface area contributed by atoms with Gasteiger partial charge in [0.2, 0.25) is 0 Å². The first-order valence-electron chi connectivity index (χ1n) is 5.90. The van der Waals surface area contributed by atoms with Crippen LogP contribution in [0.5, 0.6) is 0 Å². The van der Waals surface area contributed by atoms with E-state index in [9.17, 15) is 0 Å². The largest absolute Gasteiger partial charge is 0.358 e. The molecule has 1 rings (SSSR count). The molecule has 0 N–H and O–H groups in total. The van der Waals surface area contributed by atoms with Gasteiger partial charge in [0.1, 0.15) is 16.8 Å². The van der Waals surface area contributed by atoms with Crippen molar-refractivity contribution in [3.05, 3.63) is 17.0 Å². The average Bonchev–Trinajstić information content (AvgIpc) is 2.26. The lowest BCUT2D eigenvalue weighted by Crippen LogP contribution is -2.26. The van der Waals surface area contributed by atoms with Crippen LogP contribution in [0, 0.1) is 17.2 Å². The zero-order valence-electron chi connectivity index (χ0n) is 11.5. The van der Waals surface area contributed by atoms with E-state index in [1.54, 1.807) is 6.07 Å². The first kappa shape index (κ1) is 14.7. The minimum Gasteiger partial charge on any atom is -0.358 e. The number of rotatable bonds is 3. The molecule has 1 aromatic heterocycles. The highest BCUT2D eigenvalue weighted by molar-refractivity contribution is 6.29. The SMILES string of the molecule is CC(C#N)CN(C)c1cc(Cl)nc(C(C)(C)C)n1. The molecule has 1 atom stereocenters. The van der Waals surface area contributed by atoms with Gasteiger partial charge in [-0.2, -0.15) is 5.26 Å². The second-order valence-electron chi connectivity index (χ2n) is 5.53. The van der Waals surface area contributed by atoms with E-state index in [1.807, 2.05) is 39.6 Å². The average molecular weight is 267 g/mol. The van der Waals surface area contributed by atoms with Crippen LogP contribution in [0.4, 0.5) is 5.82 Å². The highest BCUT2D eigenvalue weighted by Crippen LogP contribution is 2.23. The third-order valence-corrected chi connectivity index (χ3v) is 2.71. The Kier molecular flexibility index (Phi) is 4.53. The van der Waals surface area contributed by atoms with Gasteiger partial charge in [-0.15, -0.1) is 0 Å². The van der Waals surface area contributed by atoms with Gasteiger partial charge in [0.25, 0.3) is 0 Å². The molecule has 0 radical (unpaired) electrons. The maximum atomic E-state index is 8.83. The van der Waals surface area contributed by atoms with Crippen molar-refractivity contribution >= 4 is 17.4 Å². The van der Waals surface area contributed by atoms with Crippen molar-refractivity contribution in [1.82, 2.24) is 9.97 Å². The molecule has 0 aliphatic carbocycles. The molecule has 0 aromatic carbocycles. The Balaban J connectivity index is 3.03. The molecule has 0 saturated heterocycles. The quantitative estimate of drug-likeness (QED) is 0.789. The zero-order valence-corrected chi connectivity index (χ0v) is 12.3. The van der Waals surface area contributed by atoms with E-state index in [0.717, 1.165) is 5.82 Å². The van der Waals surface area contributed by atoms with Gasteiger partial charge in [0.05, 0.1) is 12.0 Å². The molecule has 0 spiro atoms. The number of anilines is 1. The van der Waals surface area contributed by atoms with Crippen LogP contribution in [0.1, 0.15) is 33.5 Å². The Morgan fingerprint density at radius 1 is 1.44 bits per heavy atom. The minimum absolute atomic E-state index is 0.0539. The number of nitrogens with zero attached hydrogens (tertiary/aromatic N) is 4. The lowest BCUT2D eigenvalue weighted by Gasteiger charge is -2.23. The zero-order chi connectivity index (χ0) is 13.9. The Hall–Kier alpha value is -1.34. The van der Waals surface area contributed by atoms with Gasteiger partial charge >= 0.3 is 0 Å². The van der Waals surface area contributed by atoms with E-state index < -0.39 is 0 Å². The molecule has 0 saturated carbocycles. The second kappa shape index (κ2) is 5.53. The van der Waals surface area contributed by atoms with Crippen molar-refractivity contribution in [1.29, 1.82) is 5.26 Å². The summed E-state index contributed by atoms with van der Waals surface area (Å²) in [5, 5.41) is 9.27. The number of hydrogen-bond donors (Lipinski definition) is 0. The van der Waals surface area contributed by atoms with Gasteiger partial charge in [-0.1, -0.05) is 32.4 Å². The third kappa shape index (κ3) is 3.85. The van der Waals surface area contributed by atoms with Crippen molar-refractivity contribution < 1.29 is 0 Å². The van der Waals surface area contributed by atoms with Crippen LogP contribution in [0.15, 0.2) is 6.07 Å². The lowest BCUT2D eigenvalue weighted by atomic mass is 9.96. The van der Waals surface area contributed by atoms with Gasteiger partial charge in [0, 0.05) is 25.1 Å². The number of hydrogen-bond acceptors (Lipinski definition) is 4. The molecule has 1 aromatic rings. The molecule has 1 unspecified atom stereocenters. The summed E-state index contributed by atoms with van der Waals surface area (Å²) in [6, 6.07) is 3.93. The van der Waals surface area contributed by atoms with E-state index in [2.05, 4.69) is 16.0 Å². The van der Waals surface area contributed by atoms with Crippen LogP contribution in [0.25, 0.3) is 0 Å². The molecule has 0 amide bonds. The summed E-state index contributed by atoms with van der Waals surface area (Å²) in [6.07, 6.45) is 0. The first-order valence-corrected chi connectivity index (χ1v) is 6.27. The minimum atomic E-state index is -0.151. The van der Waals surface area contributed by atoms with E-state index >= 15 is 0 Å². The Bertz CT molecular complexity index is 459. The van der Waals surface area contributed by atoms with Crippen molar-refractivity contribution in [3.8, 4) is 6.07 Å². The summed E-state index contributed by atoms with van der Waals surface area (Å²) in [7, 11) is 1.90. The molecule has 5 heteroatoms. The predicted molar refractivity (Wildman–Crippen MR) is 73.8 cm³/mol. The Morgan fingerprint density at radius 3 is 2.56 bits per heavy atom. The van der Waals surface area contributed by atoms with Crippen LogP contribution < -0.4 is 4.90 Å². The smallest absolute Gasteiger partial charge is 0.137 e. The van der Waals surface area contributed by atoms with Crippen LogP contribution in [-0.4, -0.2) is 23.6 Å². The molecular weight excluding hydrogens is 248 g/mol. The van der Waals surface area contributed by atoms with Gasteiger partial charge in [-0.25, -0.2) is 9.97 Å². The highest BCUT2D eigenvalue weighted by atomic mass is 35.5. The van der Waals surface area contributed by atoms with E-state index in [4.69, 9.17) is 16.9 Å². The van der Waals surface area contributed by atoms with Crippen molar-refractivity contribution in [2.24, 2.45) is 5.92 Å². The molecular formula is C13H19ClN4. The number of nitriles is 1. The topological polar surface area (TPSA) is 52.8 Å². The van der Waals surface area contributed by atoms with Gasteiger partial charge < -0.3 is 4.90 Å². The van der Waals surface area contributed by atoms with E-state index in [-0.39, 0.29) is 11.3 Å². The van der Waals surface area contributed by atoms with Crippen LogP contribution in [0.3, 0.4) is 0 Å². The first-order chi connectivity index (χ1) is 8.24. The van der Waals surface area contributed by atoms with Crippen LogP contribution in [-0.2, 0) is 5.41 Å². The van der Waals surface area contributed by atoms with Gasteiger partial charge in [-0.05, 0) is 6.92 Å². The van der Waals surface area contributed by atoms with E-state index in [1.165, 1.54) is 0 Å². The molecule has 0 aliphatic rings. The lowest BCUT2D eigenvalue weighted by molar-refractivity contribution is 0.544. The molecule has 18 heavy (non-hydrogen) atoms. The summed E-state index contributed by atoms with van der Waals surface area (Å²) < 4.78 is 0. The Morgan fingerprint density at radius 2 is 2.06 bits per heavy atom. The molecule has 4 nitrogen and oxygen atoms in total. The van der Waals surface area contributed by atoms with Crippen LogP contribution >= 0.6 is 11.6 Å². The maximum absolute atomic E-state index is 8.83. The fourth-order valence-electron chi connectivity index (χ4n) is 1.48. The number of halogens is 1. The van der Waals surface area contributed by atoms with Gasteiger partial charge in [0.15, 0.2) is 0 Å². The molecule has 98 valence electrons. The van der Waals surface area contributed by atoms with Crippen LogP contribution in [0.2, 0.25) is 5.15 Å². The monoisotopic (exact) mass is 266 g/mol.